The lowest BCUT2D eigenvalue weighted by Crippen LogP contribution is -2.12. The van der Waals surface area contributed by atoms with Crippen LogP contribution in [0.2, 0.25) is 0 Å². The number of aryl methyl sites for hydroxylation is 1. The SMILES string of the molecule is Cc1ccoc1C(=O)Nc1cccc(S(=O)(=O)F)c1. The summed E-state index contributed by atoms with van der Waals surface area (Å²) >= 11 is 0. The molecule has 0 fully saturated rings. The van der Waals surface area contributed by atoms with E-state index in [1.54, 1.807) is 13.0 Å². The minimum Gasteiger partial charge on any atom is -0.459 e. The normalized spacial score (nSPS) is 11.3. The Hall–Kier alpha value is -2.15. The second-order valence-corrected chi connectivity index (χ2v) is 5.20. The van der Waals surface area contributed by atoms with E-state index in [1.165, 1.54) is 18.4 Å². The van der Waals surface area contributed by atoms with E-state index in [-0.39, 0.29) is 11.4 Å². The van der Waals surface area contributed by atoms with Gasteiger partial charge in [0, 0.05) is 11.3 Å². The van der Waals surface area contributed by atoms with Gasteiger partial charge in [-0.05, 0) is 31.2 Å². The van der Waals surface area contributed by atoms with E-state index in [0.717, 1.165) is 12.1 Å². The fourth-order valence-electron chi connectivity index (χ4n) is 1.52. The number of carbonyl (C=O) groups is 1. The summed E-state index contributed by atoms with van der Waals surface area (Å²) in [5.41, 5.74) is 0.811. The molecule has 0 unspecified atom stereocenters. The molecule has 0 atom stereocenters. The molecular formula is C12H10FNO4S. The molecule has 0 spiro atoms. The van der Waals surface area contributed by atoms with Gasteiger partial charge in [-0.1, -0.05) is 6.07 Å². The van der Waals surface area contributed by atoms with Crippen molar-refractivity contribution >= 4 is 21.8 Å². The Bertz CT molecular complexity index is 721. The Morgan fingerprint density at radius 2 is 2.05 bits per heavy atom. The summed E-state index contributed by atoms with van der Waals surface area (Å²) in [5.74, 6) is -0.413. The predicted octanol–water partition coefficient (Wildman–Crippen LogP) is 2.50. The van der Waals surface area contributed by atoms with E-state index in [0.29, 0.717) is 5.56 Å². The Morgan fingerprint density at radius 3 is 2.63 bits per heavy atom. The number of hydrogen-bond acceptors (Lipinski definition) is 4. The largest absolute Gasteiger partial charge is 0.459 e. The van der Waals surface area contributed by atoms with Crippen molar-refractivity contribution in [2.75, 3.05) is 5.32 Å². The van der Waals surface area contributed by atoms with Crippen LogP contribution in [0.3, 0.4) is 0 Å². The van der Waals surface area contributed by atoms with Gasteiger partial charge in [0.2, 0.25) is 0 Å². The average Bonchev–Trinajstić information content (AvgIpc) is 2.75. The van der Waals surface area contributed by atoms with Crippen LogP contribution in [-0.4, -0.2) is 14.3 Å². The molecule has 2 aromatic rings. The second-order valence-electron chi connectivity index (χ2n) is 3.85. The third kappa shape index (κ3) is 3.00. The van der Waals surface area contributed by atoms with E-state index in [2.05, 4.69) is 5.32 Å². The lowest BCUT2D eigenvalue weighted by Gasteiger charge is -2.04. The first kappa shape index (κ1) is 13.3. The number of carbonyl (C=O) groups excluding carboxylic acids is 1. The molecule has 0 aliphatic rings. The zero-order chi connectivity index (χ0) is 14.0. The Balaban J connectivity index is 2.25. The van der Waals surface area contributed by atoms with E-state index < -0.39 is 21.0 Å². The van der Waals surface area contributed by atoms with E-state index in [4.69, 9.17) is 4.42 Å². The topological polar surface area (TPSA) is 76.4 Å². The maximum absolute atomic E-state index is 12.8. The van der Waals surface area contributed by atoms with Crippen LogP contribution in [0.1, 0.15) is 16.1 Å². The van der Waals surface area contributed by atoms with Gasteiger partial charge in [0.05, 0.1) is 6.26 Å². The second kappa shape index (κ2) is 4.85. The van der Waals surface area contributed by atoms with Crippen LogP contribution in [0.5, 0.6) is 0 Å². The van der Waals surface area contributed by atoms with Crippen molar-refractivity contribution in [3.05, 3.63) is 47.9 Å². The number of amides is 1. The summed E-state index contributed by atoms with van der Waals surface area (Å²) in [6.45, 7) is 1.70. The molecule has 1 N–H and O–H groups in total. The molecule has 5 nitrogen and oxygen atoms in total. The number of nitrogens with one attached hydrogen (secondary N) is 1. The van der Waals surface area contributed by atoms with Gasteiger partial charge >= 0.3 is 10.2 Å². The summed E-state index contributed by atoms with van der Waals surface area (Å²) in [6.07, 6.45) is 1.37. The van der Waals surface area contributed by atoms with Crippen LogP contribution in [0.4, 0.5) is 9.57 Å². The van der Waals surface area contributed by atoms with Crippen molar-refractivity contribution < 1.29 is 21.5 Å². The van der Waals surface area contributed by atoms with Crippen molar-refractivity contribution in [2.45, 2.75) is 11.8 Å². The van der Waals surface area contributed by atoms with Gasteiger partial charge in [0.15, 0.2) is 5.76 Å². The molecule has 0 radical (unpaired) electrons. The summed E-state index contributed by atoms with van der Waals surface area (Å²) < 4.78 is 39.3. The van der Waals surface area contributed by atoms with Crippen molar-refractivity contribution in [1.82, 2.24) is 0 Å². The van der Waals surface area contributed by atoms with Crippen molar-refractivity contribution in [3.63, 3.8) is 0 Å². The smallest absolute Gasteiger partial charge is 0.332 e. The van der Waals surface area contributed by atoms with Crippen molar-refractivity contribution in [3.8, 4) is 0 Å². The van der Waals surface area contributed by atoms with Crippen molar-refractivity contribution in [1.29, 1.82) is 0 Å². The minimum atomic E-state index is -4.80. The van der Waals surface area contributed by atoms with Gasteiger partial charge < -0.3 is 9.73 Å². The van der Waals surface area contributed by atoms with Gasteiger partial charge in [0.25, 0.3) is 5.91 Å². The third-order valence-corrected chi connectivity index (χ3v) is 3.26. The summed E-state index contributed by atoms with van der Waals surface area (Å²) in [6, 6.07) is 6.54. The Morgan fingerprint density at radius 1 is 1.32 bits per heavy atom. The molecule has 1 amide bonds. The highest BCUT2D eigenvalue weighted by molar-refractivity contribution is 7.86. The van der Waals surface area contributed by atoms with Gasteiger partial charge in [0.1, 0.15) is 4.90 Å². The van der Waals surface area contributed by atoms with Crippen molar-refractivity contribution in [2.24, 2.45) is 0 Å². The highest BCUT2D eigenvalue weighted by atomic mass is 32.3. The molecule has 0 saturated carbocycles. The lowest BCUT2D eigenvalue weighted by molar-refractivity contribution is 0.0996. The molecule has 0 aliphatic heterocycles. The Kier molecular flexibility index (Phi) is 3.39. The van der Waals surface area contributed by atoms with Gasteiger partial charge in [-0.2, -0.15) is 8.42 Å². The number of halogens is 1. The summed E-state index contributed by atoms with van der Waals surface area (Å²) in [7, 11) is -4.80. The van der Waals surface area contributed by atoms with Crippen LogP contribution in [0.15, 0.2) is 45.9 Å². The summed E-state index contributed by atoms with van der Waals surface area (Å²) in [4.78, 5) is 11.3. The van der Waals surface area contributed by atoms with Crippen LogP contribution in [-0.2, 0) is 10.2 Å². The highest BCUT2D eigenvalue weighted by Gasteiger charge is 2.15. The summed E-state index contributed by atoms with van der Waals surface area (Å²) in [5, 5.41) is 2.43. The van der Waals surface area contributed by atoms with Crippen LogP contribution < -0.4 is 5.32 Å². The van der Waals surface area contributed by atoms with E-state index in [1.807, 2.05) is 0 Å². The molecular weight excluding hydrogens is 273 g/mol. The number of anilines is 1. The molecule has 2 rings (SSSR count). The Labute approximate surface area is 109 Å². The van der Waals surface area contributed by atoms with Gasteiger partial charge in [-0.25, -0.2) is 0 Å². The highest BCUT2D eigenvalue weighted by Crippen LogP contribution is 2.18. The van der Waals surface area contributed by atoms with Crippen LogP contribution >= 0.6 is 0 Å². The quantitative estimate of drug-likeness (QED) is 0.878. The molecule has 0 bridgehead atoms. The number of benzene rings is 1. The van der Waals surface area contributed by atoms with Crippen LogP contribution in [0.25, 0.3) is 0 Å². The number of hydrogen-bond donors (Lipinski definition) is 1. The first-order valence-corrected chi connectivity index (χ1v) is 6.66. The molecule has 0 aliphatic carbocycles. The molecule has 0 saturated heterocycles. The fourth-order valence-corrected chi connectivity index (χ4v) is 2.03. The van der Waals surface area contributed by atoms with E-state index in [9.17, 15) is 17.1 Å². The lowest BCUT2D eigenvalue weighted by atomic mass is 10.2. The monoisotopic (exact) mass is 283 g/mol. The predicted molar refractivity (Wildman–Crippen MR) is 66.1 cm³/mol. The van der Waals surface area contributed by atoms with Gasteiger partial charge in [-0.15, -0.1) is 3.89 Å². The molecule has 100 valence electrons. The molecule has 19 heavy (non-hydrogen) atoms. The number of rotatable bonds is 3. The average molecular weight is 283 g/mol. The molecule has 7 heteroatoms. The third-order valence-electron chi connectivity index (χ3n) is 2.44. The zero-order valence-electron chi connectivity index (χ0n) is 9.88. The zero-order valence-corrected chi connectivity index (χ0v) is 10.7. The maximum Gasteiger partial charge on any atom is 0.332 e. The maximum atomic E-state index is 12.8. The van der Waals surface area contributed by atoms with E-state index >= 15 is 0 Å². The van der Waals surface area contributed by atoms with Gasteiger partial charge in [-0.3, -0.25) is 4.79 Å². The fraction of sp³-hybridized carbons (Fsp3) is 0.0833. The van der Waals surface area contributed by atoms with Crippen LogP contribution in [0, 0.1) is 6.92 Å². The first-order chi connectivity index (χ1) is 8.88. The first-order valence-electron chi connectivity index (χ1n) is 5.28. The number of furan rings is 1. The molecule has 1 aromatic carbocycles. The molecule has 1 heterocycles. The standard InChI is InChI=1S/C12H10FNO4S/c1-8-5-6-18-11(8)12(15)14-9-3-2-4-10(7-9)19(13,16)17/h2-7H,1H3,(H,14,15). The minimum absolute atomic E-state index is 0.119. The molecule has 1 aromatic heterocycles.